The molecule has 1 amide bonds. The van der Waals surface area contributed by atoms with Gasteiger partial charge in [-0.05, 0) is 58.8 Å². The molecule has 3 aromatic heterocycles. The van der Waals surface area contributed by atoms with Crippen LogP contribution in [0.1, 0.15) is 23.0 Å². The van der Waals surface area contributed by atoms with Gasteiger partial charge in [-0.2, -0.15) is 4.68 Å². The maximum atomic E-state index is 13.2. The third-order valence-electron chi connectivity index (χ3n) is 6.70. The van der Waals surface area contributed by atoms with Crippen LogP contribution in [0.15, 0.2) is 90.0 Å². The molecule has 11 nitrogen and oxygen atoms in total. The van der Waals surface area contributed by atoms with Crippen molar-refractivity contribution in [2.45, 2.75) is 12.5 Å². The maximum Gasteiger partial charge on any atom is 0.252 e. The predicted molar refractivity (Wildman–Crippen MR) is 163 cm³/mol. The first-order valence-electron chi connectivity index (χ1n) is 13.0. The van der Waals surface area contributed by atoms with Gasteiger partial charge in [0.15, 0.2) is 0 Å². The summed E-state index contributed by atoms with van der Waals surface area (Å²) in [5.41, 5.74) is 3.37. The van der Waals surface area contributed by atoms with Gasteiger partial charge in [0, 0.05) is 33.7 Å². The molecule has 1 atom stereocenters. The van der Waals surface area contributed by atoms with Gasteiger partial charge in [0.25, 0.3) is 5.56 Å². The summed E-state index contributed by atoms with van der Waals surface area (Å²) in [4.78, 5) is 35.5. The SMILES string of the molecule is O=C(/C=C/c1cc(Cl)ccc1-n1cnnn1)NC(Cc1ccccc1)c1nc(-c2ccc3[nH]c(=O)cc(O)c3c2)c(Cl)[nH]1. The summed E-state index contributed by atoms with van der Waals surface area (Å²) in [6.45, 7) is 0. The Balaban J connectivity index is 1.31. The van der Waals surface area contributed by atoms with E-state index >= 15 is 0 Å². The van der Waals surface area contributed by atoms with Crippen LogP contribution in [0.5, 0.6) is 5.75 Å². The van der Waals surface area contributed by atoms with Gasteiger partial charge >= 0.3 is 0 Å². The van der Waals surface area contributed by atoms with E-state index in [1.165, 1.54) is 17.1 Å². The molecule has 1 unspecified atom stereocenters. The molecule has 214 valence electrons. The summed E-state index contributed by atoms with van der Waals surface area (Å²) in [5.74, 6) is -0.0952. The molecule has 3 heterocycles. The molecule has 4 N–H and O–H groups in total. The van der Waals surface area contributed by atoms with Crippen molar-refractivity contribution in [3.8, 4) is 22.7 Å². The lowest BCUT2D eigenvalue weighted by Gasteiger charge is -2.16. The molecule has 0 saturated heterocycles. The number of hydrogen-bond acceptors (Lipinski definition) is 7. The van der Waals surface area contributed by atoms with Crippen molar-refractivity contribution in [2.75, 3.05) is 0 Å². The van der Waals surface area contributed by atoms with Crippen LogP contribution in [0.2, 0.25) is 10.2 Å². The summed E-state index contributed by atoms with van der Waals surface area (Å²) in [5, 5.41) is 25.8. The number of aromatic nitrogens is 7. The summed E-state index contributed by atoms with van der Waals surface area (Å²) in [6, 6.07) is 20.5. The molecule has 0 radical (unpaired) electrons. The molecule has 6 rings (SSSR count). The summed E-state index contributed by atoms with van der Waals surface area (Å²) in [6.07, 6.45) is 4.90. The van der Waals surface area contributed by atoms with Crippen molar-refractivity contribution >= 4 is 46.1 Å². The lowest BCUT2D eigenvalue weighted by molar-refractivity contribution is -0.117. The zero-order valence-electron chi connectivity index (χ0n) is 22.2. The Labute approximate surface area is 253 Å². The molecule has 0 fully saturated rings. The lowest BCUT2D eigenvalue weighted by atomic mass is 10.1. The molecule has 0 spiro atoms. The molecule has 0 aliphatic heterocycles. The number of benzene rings is 3. The van der Waals surface area contributed by atoms with Gasteiger partial charge < -0.3 is 20.4 Å². The Hall–Kier alpha value is -5.26. The summed E-state index contributed by atoms with van der Waals surface area (Å²) < 4.78 is 1.47. The first-order chi connectivity index (χ1) is 20.8. The van der Waals surface area contributed by atoms with E-state index in [0.717, 1.165) is 11.6 Å². The number of nitrogens with zero attached hydrogens (tertiary/aromatic N) is 5. The zero-order valence-corrected chi connectivity index (χ0v) is 23.7. The van der Waals surface area contributed by atoms with Crippen molar-refractivity contribution in [1.82, 2.24) is 40.5 Å². The largest absolute Gasteiger partial charge is 0.507 e. The molecule has 0 aliphatic carbocycles. The maximum absolute atomic E-state index is 13.2. The van der Waals surface area contributed by atoms with Crippen LogP contribution in [-0.2, 0) is 11.2 Å². The van der Waals surface area contributed by atoms with E-state index in [0.29, 0.717) is 50.7 Å². The van der Waals surface area contributed by atoms with Gasteiger partial charge in [0.05, 0.1) is 17.2 Å². The molecule has 0 bridgehead atoms. The van der Waals surface area contributed by atoms with Crippen molar-refractivity contribution in [2.24, 2.45) is 0 Å². The number of carbonyl (C=O) groups is 1. The molecule has 13 heteroatoms. The molecular weight excluding hydrogens is 591 g/mol. The van der Waals surface area contributed by atoms with Crippen molar-refractivity contribution < 1.29 is 9.90 Å². The van der Waals surface area contributed by atoms with E-state index in [4.69, 9.17) is 28.2 Å². The Morgan fingerprint density at radius 3 is 2.67 bits per heavy atom. The van der Waals surface area contributed by atoms with Crippen LogP contribution >= 0.6 is 23.2 Å². The number of aromatic hydroxyl groups is 1. The Kier molecular flexibility index (Phi) is 7.73. The first kappa shape index (κ1) is 27.9. The Bertz CT molecular complexity index is 2020. The van der Waals surface area contributed by atoms with Gasteiger partial charge in [0.2, 0.25) is 5.91 Å². The van der Waals surface area contributed by atoms with Crippen LogP contribution in [0.3, 0.4) is 0 Å². The van der Waals surface area contributed by atoms with E-state index in [1.807, 2.05) is 30.3 Å². The van der Waals surface area contributed by atoms with Gasteiger partial charge in [-0.3, -0.25) is 9.59 Å². The highest BCUT2D eigenvalue weighted by Gasteiger charge is 2.21. The highest BCUT2D eigenvalue weighted by molar-refractivity contribution is 6.32. The van der Waals surface area contributed by atoms with Crippen LogP contribution in [0, 0.1) is 0 Å². The average molecular weight is 613 g/mol. The molecule has 0 saturated carbocycles. The number of fused-ring (bicyclic) bond motifs is 1. The van der Waals surface area contributed by atoms with Crippen LogP contribution in [0.4, 0.5) is 0 Å². The lowest BCUT2D eigenvalue weighted by Crippen LogP contribution is -2.29. The van der Waals surface area contributed by atoms with Crippen molar-refractivity contribution in [3.63, 3.8) is 0 Å². The molecule has 43 heavy (non-hydrogen) atoms. The fourth-order valence-corrected chi connectivity index (χ4v) is 5.13. The number of amides is 1. The molecule has 3 aromatic carbocycles. The van der Waals surface area contributed by atoms with Crippen molar-refractivity contribution in [3.05, 3.63) is 123 Å². The number of pyridine rings is 1. The second-order valence-electron chi connectivity index (χ2n) is 9.61. The van der Waals surface area contributed by atoms with Gasteiger partial charge in [-0.25, -0.2) is 4.98 Å². The molecule has 0 aliphatic rings. The third-order valence-corrected chi connectivity index (χ3v) is 7.21. The minimum Gasteiger partial charge on any atom is -0.507 e. The number of rotatable bonds is 8. The number of imidazole rings is 1. The smallest absolute Gasteiger partial charge is 0.252 e. The average Bonchev–Trinajstić information content (AvgIpc) is 3.66. The normalized spacial score (nSPS) is 12.1. The number of tetrazole rings is 1. The minimum absolute atomic E-state index is 0.156. The molecular formula is C30H22Cl2N8O3. The van der Waals surface area contributed by atoms with Crippen molar-refractivity contribution in [1.29, 1.82) is 0 Å². The monoisotopic (exact) mass is 612 g/mol. The Morgan fingerprint density at radius 1 is 1.05 bits per heavy atom. The van der Waals surface area contributed by atoms with E-state index in [9.17, 15) is 14.7 Å². The number of halogens is 2. The number of nitrogens with one attached hydrogen (secondary N) is 3. The van der Waals surface area contributed by atoms with Gasteiger partial charge in [-0.1, -0.05) is 59.6 Å². The third kappa shape index (κ3) is 6.17. The highest BCUT2D eigenvalue weighted by Crippen LogP contribution is 2.32. The van der Waals surface area contributed by atoms with Crippen LogP contribution < -0.4 is 10.9 Å². The fourth-order valence-electron chi connectivity index (χ4n) is 4.70. The van der Waals surface area contributed by atoms with E-state index in [1.54, 1.807) is 42.5 Å². The molecule has 6 aromatic rings. The Morgan fingerprint density at radius 2 is 1.88 bits per heavy atom. The standard InChI is InChI=1S/C30H22Cl2N8O3/c31-20-8-10-24(40-16-33-38-39-40)18(13-20)7-11-26(42)35-23(12-17-4-2-1-3-5-17)30-36-28(29(32)37-30)19-6-9-22-21(14-19)25(41)15-27(43)34-22/h1-11,13-16,23H,12H2,(H,35,42)(H,36,37)(H2,34,41,43)/b11-7+. The quantitative estimate of drug-likeness (QED) is 0.176. The van der Waals surface area contributed by atoms with Gasteiger partial charge in [0.1, 0.15) is 28.7 Å². The van der Waals surface area contributed by atoms with E-state index in [2.05, 4.69) is 30.8 Å². The minimum atomic E-state index is -0.575. The predicted octanol–water partition coefficient (Wildman–Crippen LogP) is 5.02. The second-order valence-corrected chi connectivity index (χ2v) is 10.4. The van der Waals surface area contributed by atoms with E-state index in [-0.39, 0.29) is 16.8 Å². The topological polar surface area (TPSA) is 154 Å². The number of H-pyrrole nitrogens is 2. The number of carbonyl (C=O) groups excluding carboxylic acids is 1. The van der Waals surface area contributed by atoms with E-state index < -0.39 is 11.6 Å². The van der Waals surface area contributed by atoms with Crippen LogP contribution in [-0.4, -0.2) is 46.2 Å². The number of hydrogen-bond donors (Lipinski definition) is 4. The number of aromatic amines is 2. The summed E-state index contributed by atoms with van der Waals surface area (Å²) in [7, 11) is 0. The first-order valence-corrected chi connectivity index (χ1v) is 13.8. The fraction of sp³-hybridized carbons (Fsp3) is 0.0667. The second kappa shape index (κ2) is 11.9. The van der Waals surface area contributed by atoms with Crippen LogP contribution in [0.25, 0.3) is 33.9 Å². The summed E-state index contributed by atoms with van der Waals surface area (Å²) >= 11 is 12.8. The zero-order chi connectivity index (χ0) is 29.9. The van der Waals surface area contributed by atoms with Gasteiger partial charge in [-0.15, -0.1) is 5.10 Å². The highest BCUT2D eigenvalue weighted by atomic mass is 35.5.